The van der Waals surface area contributed by atoms with Gasteiger partial charge in [-0.05, 0) is 18.4 Å². The SMILES string of the molecule is Cc1cc(NC(=O)CN(C)c2cccc3ccccc23)no1. The van der Waals surface area contributed by atoms with Gasteiger partial charge in [0.05, 0.1) is 6.54 Å². The highest BCUT2D eigenvalue weighted by Gasteiger charge is 2.11. The van der Waals surface area contributed by atoms with Gasteiger partial charge in [-0.15, -0.1) is 0 Å². The van der Waals surface area contributed by atoms with Gasteiger partial charge in [-0.1, -0.05) is 41.6 Å². The lowest BCUT2D eigenvalue weighted by Gasteiger charge is -2.20. The number of amides is 1. The molecule has 3 aromatic rings. The monoisotopic (exact) mass is 295 g/mol. The van der Waals surface area contributed by atoms with E-state index in [1.165, 1.54) is 0 Å². The number of aryl methyl sites for hydroxylation is 1. The number of fused-ring (bicyclic) bond motifs is 1. The Labute approximate surface area is 128 Å². The molecule has 0 radical (unpaired) electrons. The van der Waals surface area contributed by atoms with Crippen LogP contribution in [0, 0.1) is 6.92 Å². The first-order valence-corrected chi connectivity index (χ1v) is 7.05. The summed E-state index contributed by atoms with van der Waals surface area (Å²) in [5.74, 6) is 0.968. The number of nitrogens with zero attached hydrogens (tertiary/aromatic N) is 2. The molecular formula is C17H17N3O2. The zero-order valence-corrected chi connectivity index (χ0v) is 12.5. The number of carbonyl (C=O) groups excluding carboxylic acids is 1. The van der Waals surface area contributed by atoms with E-state index in [1.54, 1.807) is 13.0 Å². The number of benzene rings is 2. The summed E-state index contributed by atoms with van der Waals surface area (Å²) < 4.78 is 4.93. The van der Waals surface area contributed by atoms with Crippen molar-refractivity contribution < 1.29 is 9.32 Å². The van der Waals surface area contributed by atoms with Gasteiger partial charge in [0.2, 0.25) is 5.91 Å². The third-order valence-electron chi connectivity index (χ3n) is 3.45. The number of likely N-dealkylation sites (N-methyl/N-ethyl adjacent to an activating group) is 1. The van der Waals surface area contributed by atoms with Crippen molar-refractivity contribution in [2.45, 2.75) is 6.92 Å². The van der Waals surface area contributed by atoms with Crippen LogP contribution in [0.1, 0.15) is 5.76 Å². The number of hydrogen-bond acceptors (Lipinski definition) is 4. The van der Waals surface area contributed by atoms with Crippen molar-refractivity contribution in [2.75, 3.05) is 23.8 Å². The quantitative estimate of drug-likeness (QED) is 0.803. The second-order valence-corrected chi connectivity index (χ2v) is 5.23. The second kappa shape index (κ2) is 5.89. The Morgan fingerprint density at radius 3 is 2.77 bits per heavy atom. The van der Waals surface area contributed by atoms with Gasteiger partial charge in [0.25, 0.3) is 0 Å². The molecule has 22 heavy (non-hydrogen) atoms. The number of rotatable bonds is 4. The molecule has 0 saturated heterocycles. The molecule has 1 aromatic heterocycles. The minimum Gasteiger partial charge on any atom is -0.365 e. The van der Waals surface area contributed by atoms with Crippen LogP contribution < -0.4 is 10.2 Å². The highest BCUT2D eigenvalue weighted by atomic mass is 16.5. The van der Waals surface area contributed by atoms with Crippen LogP contribution in [0.2, 0.25) is 0 Å². The fraction of sp³-hybridized carbons (Fsp3) is 0.176. The van der Waals surface area contributed by atoms with E-state index in [9.17, 15) is 4.79 Å². The molecule has 2 aromatic carbocycles. The minimum atomic E-state index is -0.135. The first-order chi connectivity index (χ1) is 10.6. The Morgan fingerprint density at radius 2 is 2.00 bits per heavy atom. The Hall–Kier alpha value is -2.82. The van der Waals surface area contributed by atoms with Gasteiger partial charge >= 0.3 is 0 Å². The van der Waals surface area contributed by atoms with E-state index in [0.29, 0.717) is 11.6 Å². The Balaban J connectivity index is 1.75. The van der Waals surface area contributed by atoms with Crippen molar-refractivity contribution in [1.82, 2.24) is 5.16 Å². The van der Waals surface area contributed by atoms with Crippen LogP contribution in [-0.2, 0) is 4.79 Å². The molecule has 0 aliphatic heterocycles. The number of aromatic nitrogens is 1. The average Bonchev–Trinajstić information content (AvgIpc) is 2.91. The minimum absolute atomic E-state index is 0.135. The number of hydrogen-bond donors (Lipinski definition) is 1. The van der Waals surface area contributed by atoms with E-state index in [1.807, 2.05) is 36.2 Å². The molecule has 0 atom stereocenters. The average molecular weight is 295 g/mol. The molecule has 5 nitrogen and oxygen atoms in total. The lowest BCUT2D eigenvalue weighted by atomic mass is 10.1. The number of anilines is 2. The molecule has 1 heterocycles. The van der Waals surface area contributed by atoms with Crippen LogP contribution in [0.25, 0.3) is 10.8 Å². The Bertz CT molecular complexity index is 805. The second-order valence-electron chi connectivity index (χ2n) is 5.23. The Kier molecular flexibility index (Phi) is 3.78. The third-order valence-corrected chi connectivity index (χ3v) is 3.45. The molecule has 0 bridgehead atoms. The van der Waals surface area contributed by atoms with Gasteiger partial charge < -0.3 is 14.7 Å². The summed E-state index contributed by atoms with van der Waals surface area (Å²) in [6.45, 7) is 2.02. The molecule has 0 fully saturated rings. The smallest absolute Gasteiger partial charge is 0.245 e. The van der Waals surface area contributed by atoms with Crippen LogP contribution in [0.4, 0.5) is 11.5 Å². The zero-order valence-electron chi connectivity index (χ0n) is 12.5. The van der Waals surface area contributed by atoms with E-state index in [2.05, 4.69) is 28.7 Å². The number of carbonyl (C=O) groups is 1. The standard InChI is InChI=1S/C17H17N3O2/c1-12-10-16(19-22-12)18-17(21)11-20(2)15-9-5-7-13-6-3-4-8-14(13)15/h3-10H,11H2,1-2H3,(H,18,19,21). The molecule has 0 aliphatic carbocycles. The largest absolute Gasteiger partial charge is 0.365 e. The van der Waals surface area contributed by atoms with Crippen molar-refractivity contribution >= 4 is 28.2 Å². The lowest BCUT2D eigenvalue weighted by Crippen LogP contribution is -2.30. The molecule has 3 rings (SSSR count). The Morgan fingerprint density at radius 1 is 1.23 bits per heavy atom. The third kappa shape index (κ3) is 2.93. The van der Waals surface area contributed by atoms with Crippen LogP contribution in [0.5, 0.6) is 0 Å². The maximum absolute atomic E-state index is 12.1. The first kappa shape index (κ1) is 14.1. The molecular weight excluding hydrogens is 278 g/mol. The molecule has 1 amide bonds. The van der Waals surface area contributed by atoms with Gasteiger partial charge in [0, 0.05) is 24.2 Å². The summed E-state index contributed by atoms with van der Waals surface area (Å²) in [5, 5.41) is 8.76. The van der Waals surface area contributed by atoms with Crippen LogP contribution in [-0.4, -0.2) is 24.7 Å². The topological polar surface area (TPSA) is 58.4 Å². The van der Waals surface area contributed by atoms with E-state index in [4.69, 9.17) is 4.52 Å². The maximum atomic E-state index is 12.1. The van der Waals surface area contributed by atoms with Crippen molar-refractivity contribution in [2.24, 2.45) is 0 Å². The molecule has 0 spiro atoms. The summed E-state index contributed by atoms with van der Waals surface area (Å²) in [5.41, 5.74) is 1.02. The van der Waals surface area contributed by atoms with E-state index < -0.39 is 0 Å². The van der Waals surface area contributed by atoms with Crippen LogP contribution >= 0.6 is 0 Å². The first-order valence-electron chi connectivity index (χ1n) is 7.05. The fourth-order valence-corrected chi connectivity index (χ4v) is 2.45. The van der Waals surface area contributed by atoms with Gasteiger partial charge in [-0.25, -0.2) is 0 Å². The van der Waals surface area contributed by atoms with E-state index >= 15 is 0 Å². The molecule has 0 saturated carbocycles. The zero-order chi connectivity index (χ0) is 15.5. The predicted molar refractivity (Wildman–Crippen MR) is 87.1 cm³/mol. The van der Waals surface area contributed by atoms with Gasteiger partial charge in [-0.2, -0.15) is 0 Å². The highest BCUT2D eigenvalue weighted by molar-refractivity contribution is 5.98. The van der Waals surface area contributed by atoms with E-state index in [-0.39, 0.29) is 12.5 Å². The normalized spacial score (nSPS) is 10.6. The molecule has 5 heteroatoms. The van der Waals surface area contributed by atoms with E-state index in [0.717, 1.165) is 16.5 Å². The van der Waals surface area contributed by atoms with Crippen LogP contribution in [0.15, 0.2) is 53.1 Å². The predicted octanol–water partition coefficient (Wildman–Crippen LogP) is 3.21. The summed E-state index contributed by atoms with van der Waals surface area (Å²) >= 11 is 0. The highest BCUT2D eigenvalue weighted by Crippen LogP contribution is 2.25. The molecule has 112 valence electrons. The van der Waals surface area contributed by atoms with Gasteiger partial charge in [0.1, 0.15) is 5.76 Å². The van der Waals surface area contributed by atoms with Crippen LogP contribution in [0.3, 0.4) is 0 Å². The fourth-order valence-electron chi connectivity index (χ4n) is 2.45. The van der Waals surface area contributed by atoms with Crippen molar-refractivity contribution in [3.63, 3.8) is 0 Å². The summed E-state index contributed by atoms with van der Waals surface area (Å²) in [4.78, 5) is 14.0. The summed E-state index contributed by atoms with van der Waals surface area (Å²) in [6.07, 6.45) is 0. The molecule has 1 N–H and O–H groups in total. The molecule has 0 unspecified atom stereocenters. The van der Waals surface area contributed by atoms with Crippen molar-refractivity contribution in [3.05, 3.63) is 54.3 Å². The maximum Gasteiger partial charge on any atom is 0.245 e. The lowest BCUT2D eigenvalue weighted by molar-refractivity contribution is -0.115. The van der Waals surface area contributed by atoms with Crippen molar-refractivity contribution in [1.29, 1.82) is 0 Å². The molecule has 0 aliphatic rings. The van der Waals surface area contributed by atoms with Gasteiger partial charge in [-0.3, -0.25) is 4.79 Å². The van der Waals surface area contributed by atoms with Gasteiger partial charge in [0.15, 0.2) is 5.82 Å². The summed E-state index contributed by atoms with van der Waals surface area (Å²) in [6, 6.07) is 15.9. The van der Waals surface area contributed by atoms with Crippen molar-refractivity contribution in [3.8, 4) is 0 Å². The summed E-state index contributed by atoms with van der Waals surface area (Å²) in [7, 11) is 1.90. The number of nitrogens with one attached hydrogen (secondary N) is 1.